The maximum absolute atomic E-state index is 13.2. The van der Waals surface area contributed by atoms with E-state index >= 15 is 0 Å². The van der Waals surface area contributed by atoms with E-state index in [1.165, 1.54) is 17.3 Å². The Hall–Kier alpha value is -3.21. The molecule has 2 aliphatic rings. The van der Waals surface area contributed by atoms with Crippen molar-refractivity contribution in [3.05, 3.63) is 86.6 Å². The van der Waals surface area contributed by atoms with Gasteiger partial charge in [0.15, 0.2) is 0 Å². The number of benzene rings is 2. The number of hydrogen-bond acceptors (Lipinski definition) is 6. The average molecular weight is 508 g/mol. The van der Waals surface area contributed by atoms with Crippen LogP contribution in [0.1, 0.15) is 37.3 Å². The Labute approximate surface area is 214 Å². The number of dihydropyridines is 1. The molecule has 0 bridgehead atoms. The number of nitriles is 1. The first kappa shape index (κ1) is 24.9. The SMILES string of the molecule is CCOC(=O)C1=C(C)NC(SCC(=O)N2CCCc3ccccc32)=C(C#N)[C@H]1c1ccccc1Cl. The number of allylic oxidation sites excluding steroid dienone is 2. The van der Waals surface area contributed by atoms with Crippen LogP contribution in [0.4, 0.5) is 5.69 Å². The molecule has 0 aromatic heterocycles. The highest BCUT2D eigenvalue weighted by Crippen LogP contribution is 2.43. The van der Waals surface area contributed by atoms with Crippen LogP contribution in [-0.4, -0.2) is 30.8 Å². The quantitative estimate of drug-likeness (QED) is 0.533. The predicted molar refractivity (Wildman–Crippen MR) is 139 cm³/mol. The summed E-state index contributed by atoms with van der Waals surface area (Å²) in [6, 6.07) is 17.4. The molecule has 0 saturated heterocycles. The molecule has 35 heavy (non-hydrogen) atoms. The van der Waals surface area contributed by atoms with Crippen LogP contribution < -0.4 is 10.2 Å². The Kier molecular flexibility index (Phi) is 7.84. The zero-order valence-electron chi connectivity index (χ0n) is 19.6. The number of hydrogen-bond donors (Lipinski definition) is 1. The van der Waals surface area contributed by atoms with E-state index in [1.54, 1.807) is 32.0 Å². The molecule has 2 aromatic rings. The van der Waals surface area contributed by atoms with Gasteiger partial charge in [-0.15, -0.1) is 0 Å². The standard InChI is InChI=1S/C27H26ClN3O3S/c1-3-34-27(33)24-17(2)30-26(20(15-29)25(24)19-11-5-6-12-21(19)28)35-16-23(32)31-14-8-10-18-9-4-7-13-22(18)31/h4-7,9,11-13,25,30H,3,8,10,14,16H2,1-2H3/t25-/m1/s1. The van der Waals surface area contributed by atoms with Crippen molar-refractivity contribution < 1.29 is 14.3 Å². The third-order valence-corrected chi connectivity index (χ3v) is 7.46. The van der Waals surface area contributed by atoms with Gasteiger partial charge in [-0.1, -0.05) is 59.8 Å². The Bertz CT molecular complexity index is 1260. The minimum Gasteiger partial charge on any atom is -0.463 e. The largest absolute Gasteiger partial charge is 0.463 e. The lowest BCUT2D eigenvalue weighted by atomic mass is 9.82. The van der Waals surface area contributed by atoms with Crippen molar-refractivity contribution in [1.82, 2.24) is 5.32 Å². The van der Waals surface area contributed by atoms with Crippen LogP contribution in [0.5, 0.6) is 0 Å². The van der Waals surface area contributed by atoms with Gasteiger partial charge in [-0.05, 0) is 49.9 Å². The maximum Gasteiger partial charge on any atom is 0.336 e. The summed E-state index contributed by atoms with van der Waals surface area (Å²) in [6.07, 6.45) is 1.87. The second-order valence-electron chi connectivity index (χ2n) is 8.26. The van der Waals surface area contributed by atoms with Gasteiger partial charge in [-0.25, -0.2) is 4.79 Å². The number of nitrogens with one attached hydrogen (secondary N) is 1. The molecule has 0 radical (unpaired) electrons. The second kappa shape index (κ2) is 11.0. The van der Waals surface area contributed by atoms with Crippen LogP contribution in [0.15, 0.2) is 70.4 Å². The van der Waals surface area contributed by atoms with Gasteiger partial charge in [0.2, 0.25) is 5.91 Å². The summed E-state index contributed by atoms with van der Waals surface area (Å²) < 4.78 is 5.30. The smallest absolute Gasteiger partial charge is 0.336 e. The van der Waals surface area contributed by atoms with E-state index in [0.717, 1.165) is 18.5 Å². The molecule has 0 unspecified atom stereocenters. The number of carbonyl (C=O) groups is 2. The second-order valence-corrected chi connectivity index (χ2v) is 9.65. The fourth-order valence-electron chi connectivity index (χ4n) is 4.53. The number of fused-ring (bicyclic) bond motifs is 1. The van der Waals surface area contributed by atoms with Crippen molar-refractivity contribution in [2.24, 2.45) is 0 Å². The summed E-state index contributed by atoms with van der Waals surface area (Å²) in [5.74, 6) is -1.07. The Balaban J connectivity index is 1.65. The van der Waals surface area contributed by atoms with Gasteiger partial charge in [0, 0.05) is 23.0 Å². The van der Waals surface area contributed by atoms with Crippen molar-refractivity contribution in [3.63, 3.8) is 0 Å². The number of thioether (sulfide) groups is 1. The molecular formula is C27H26ClN3O3S. The van der Waals surface area contributed by atoms with Gasteiger partial charge in [0.1, 0.15) is 0 Å². The van der Waals surface area contributed by atoms with Crippen LogP contribution in [-0.2, 0) is 20.7 Å². The van der Waals surface area contributed by atoms with Gasteiger partial charge < -0.3 is 15.0 Å². The highest BCUT2D eigenvalue weighted by molar-refractivity contribution is 8.03. The number of carbonyl (C=O) groups excluding carboxylic acids is 2. The first-order valence-corrected chi connectivity index (χ1v) is 12.9. The Morgan fingerprint density at radius 2 is 1.97 bits per heavy atom. The van der Waals surface area contributed by atoms with E-state index in [4.69, 9.17) is 16.3 Å². The molecule has 180 valence electrons. The molecular weight excluding hydrogens is 482 g/mol. The number of amides is 1. The number of aryl methyl sites for hydroxylation is 1. The number of rotatable bonds is 6. The lowest BCUT2D eigenvalue weighted by Gasteiger charge is -2.31. The normalized spacial score (nSPS) is 17.4. The molecule has 1 atom stereocenters. The third kappa shape index (κ3) is 5.09. The minimum atomic E-state index is -0.692. The fourth-order valence-corrected chi connectivity index (χ4v) is 5.74. The van der Waals surface area contributed by atoms with Crippen molar-refractivity contribution in [1.29, 1.82) is 5.26 Å². The van der Waals surface area contributed by atoms with Gasteiger partial charge in [0.05, 0.1) is 40.5 Å². The van der Waals surface area contributed by atoms with Crippen LogP contribution in [0, 0.1) is 11.3 Å². The first-order chi connectivity index (χ1) is 17.0. The lowest BCUT2D eigenvalue weighted by Crippen LogP contribution is -2.37. The molecule has 1 amide bonds. The molecule has 4 rings (SSSR count). The molecule has 2 heterocycles. The van der Waals surface area contributed by atoms with Gasteiger partial charge in [-0.3, -0.25) is 4.79 Å². The molecule has 1 N–H and O–H groups in total. The molecule has 0 spiro atoms. The number of nitrogens with zero attached hydrogens (tertiary/aromatic N) is 2. The highest BCUT2D eigenvalue weighted by Gasteiger charge is 2.36. The van der Waals surface area contributed by atoms with Gasteiger partial charge >= 0.3 is 5.97 Å². The molecule has 0 fully saturated rings. The zero-order chi connectivity index (χ0) is 24.9. The average Bonchev–Trinajstić information content (AvgIpc) is 2.87. The van der Waals surface area contributed by atoms with Crippen LogP contribution in [0.2, 0.25) is 5.02 Å². The topological polar surface area (TPSA) is 82.4 Å². The highest BCUT2D eigenvalue weighted by atomic mass is 35.5. The first-order valence-electron chi connectivity index (χ1n) is 11.5. The van der Waals surface area contributed by atoms with E-state index in [-0.39, 0.29) is 18.3 Å². The van der Waals surface area contributed by atoms with Crippen LogP contribution in [0.25, 0.3) is 0 Å². The predicted octanol–water partition coefficient (Wildman–Crippen LogP) is 5.31. The molecule has 0 saturated carbocycles. The zero-order valence-corrected chi connectivity index (χ0v) is 21.2. The lowest BCUT2D eigenvalue weighted by molar-refractivity contribution is -0.138. The van der Waals surface area contributed by atoms with E-state index in [0.29, 0.717) is 39.0 Å². The maximum atomic E-state index is 13.2. The van der Waals surface area contributed by atoms with Crippen LogP contribution in [0.3, 0.4) is 0 Å². The molecule has 2 aromatic carbocycles. The molecule has 8 heteroatoms. The third-order valence-electron chi connectivity index (χ3n) is 6.11. The number of anilines is 1. The summed E-state index contributed by atoms with van der Waals surface area (Å²) in [7, 11) is 0. The summed E-state index contributed by atoms with van der Waals surface area (Å²) in [5.41, 5.74) is 4.02. The summed E-state index contributed by atoms with van der Waals surface area (Å²) in [5, 5.41) is 14.4. The monoisotopic (exact) mass is 507 g/mol. The van der Waals surface area contributed by atoms with E-state index in [9.17, 15) is 14.9 Å². The van der Waals surface area contributed by atoms with Crippen molar-refractivity contribution >= 4 is 40.9 Å². The van der Waals surface area contributed by atoms with Crippen molar-refractivity contribution in [2.45, 2.75) is 32.6 Å². The number of halogens is 1. The van der Waals surface area contributed by atoms with Crippen LogP contribution >= 0.6 is 23.4 Å². The Morgan fingerprint density at radius 1 is 1.23 bits per heavy atom. The molecule has 2 aliphatic heterocycles. The summed E-state index contributed by atoms with van der Waals surface area (Å²) in [4.78, 5) is 27.9. The summed E-state index contributed by atoms with van der Waals surface area (Å²) >= 11 is 7.77. The minimum absolute atomic E-state index is 0.0270. The van der Waals surface area contributed by atoms with Gasteiger partial charge in [0.25, 0.3) is 0 Å². The van der Waals surface area contributed by atoms with E-state index in [1.807, 2.05) is 29.2 Å². The van der Waals surface area contributed by atoms with Crippen molar-refractivity contribution in [3.8, 4) is 6.07 Å². The molecule has 0 aliphatic carbocycles. The van der Waals surface area contributed by atoms with Crippen molar-refractivity contribution in [2.75, 3.05) is 23.8 Å². The Morgan fingerprint density at radius 3 is 2.71 bits per heavy atom. The number of ether oxygens (including phenoxy) is 1. The van der Waals surface area contributed by atoms with E-state index < -0.39 is 11.9 Å². The molecule has 6 nitrogen and oxygen atoms in total. The fraction of sp³-hybridized carbons (Fsp3) is 0.296. The van der Waals surface area contributed by atoms with E-state index in [2.05, 4.69) is 17.5 Å². The summed E-state index contributed by atoms with van der Waals surface area (Å²) in [6.45, 7) is 4.39. The number of para-hydroxylation sites is 1. The van der Waals surface area contributed by atoms with Gasteiger partial charge in [-0.2, -0.15) is 5.26 Å². The number of esters is 1.